The van der Waals surface area contributed by atoms with Crippen molar-refractivity contribution in [3.8, 4) is 0 Å². The van der Waals surface area contributed by atoms with Gasteiger partial charge in [-0.25, -0.2) is 0 Å². The Kier molecular flexibility index (Phi) is 4.89. The highest BCUT2D eigenvalue weighted by atomic mass is 19.4. The topological polar surface area (TPSA) is 12.0 Å². The molecule has 0 heterocycles. The SMILES string of the molecule is CC(C)NCCC(C(F)(F)F)C(F)(F)F. The lowest BCUT2D eigenvalue weighted by molar-refractivity contribution is -0.285. The molecular formula is C8H13F6N. The van der Waals surface area contributed by atoms with E-state index < -0.39 is 24.7 Å². The third kappa shape index (κ3) is 5.86. The molecular weight excluding hydrogens is 224 g/mol. The highest BCUT2D eigenvalue weighted by Gasteiger charge is 2.55. The predicted molar refractivity (Wildman–Crippen MR) is 43.4 cm³/mol. The number of hydrogen-bond acceptors (Lipinski definition) is 1. The second-order valence-electron chi connectivity index (χ2n) is 3.53. The Labute approximate surface area is 83.8 Å². The lowest BCUT2D eigenvalue weighted by Gasteiger charge is -2.23. The first-order valence-electron chi connectivity index (χ1n) is 4.42. The molecule has 0 radical (unpaired) electrons. The Morgan fingerprint density at radius 2 is 1.33 bits per heavy atom. The average Bonchev–Trinajstić information content (AvgIpc) is 1.92. The van der Waals surface area contributed by atoms with Crippen LogP contribution in [-0.2, 0) is 0 Å². The molecule has 0 amide bonds. The first kappa shape index (κ1) is 14.5. The molecule has 0 aliphatic heterocycles. The zero-order valence-corrected chi connectivity index (χ0v) is 8.34. The van der Waals surface area contributed by atoms with E-state index in [9.17, 15) is 26.3 Å². The molecule has 0 unspecified atom stereocenters. The second-order valence-corrected chi connectivity index (χ2v) is 3.53. The van der Waals surface area contributed by atoms with Gasteiger partial charge in [0.05, 0.1) is 0 Å². The maximum Gasteiger partial charge on any atom is 0.400 e. The van der Waals surface area contributed by atoms with E-state index in [-0.39, 0.29) is 12.6 Å². The molecule has 1 N–H and O–H groups in total. The van der Waals surface area contributed by atoms with Crippen LogP contribution in [0.1, 0.15) is 20.3 Å². The lowest BCUT2D eigenvalue weighted by Crippen LogP contribution is -2.39. The van der Waals surface area contributed by atoms with Gasteiger partial charge in [-0.1, -0.05) is 13.8 Å². The van der Waals surface area contributed by atoms with E-state index in [1.54, 1.807) is 13.8 Å². The van der Waals surface area contributed by atoms with Gasteiger partial charge in [-0.2, -0.15) is 26.3 Å². The molecule has 0 saturated heterocycles. The Bertz CT molecular complexity index is 169. The number of nitrogens with one attached hydrogen (secondary N) is 1. The summed E-state index contributed by atoms with van der Waals surface area (Å²) < 4.78 is 72.0. The largest absolute Gasteiger partial charge is 0.400 e. The Morgan fingerprint density at radius 3 is 1.60 bits per heavy atom. The van der Waals surface area contributed by atoms with E-state index in [0.29, 0.717) is 0 Å². The van der Waals surface area contributed by atoms with Gasteiger partial charge in [0.1, 0.15) is 0 Å². The zero-order valence-electron chi connectivity index (χ0n) is 8.34. The van der Waals surface area contributed by atoms with Crippen LogP contribution in [0.3, 0.4) is 0 Å². The summed E-state index contributed by atoms with van der Waals surface area (Å²) in [6.07, 6.45) is -11.4. The van der Waals surface area contributed by atoms with Crippen LogP contribution in [0.4, 0.5) is 26.3 Å². The molecule has 0 saturated carbocycles. The van der Waals surface area contributed by atoms with Crippen LogP contribution >= 0.6 is 0 Å². The van der Waals surface area contributed by atoms with Gasteiger partial charge in [-0.15, -0.1) is 0 Å². The average molecular weight is 237 g/mol. The maximum absolute atomic E-state index is 12.0. The molecule has 0 aliphatic rings. The van der Waals surface area contributed by atoms with Gasteiger partial charge < -0.3 is 5.32 Å². The van der Waals surface area contributed by atoms with Crippen molar-refractivity contribution in [1.29, 1.82) is 0 Å². The van der Waals surface area contributed by atoms with Crippen LogP contribution in [-0.4, -0.2) is 24.9 Å². The summed E-state index contributed by atoms with van der Waals surface area (Å²) in [6.45, 7) is 2.99. The Morgan fingerprint density at radius 1 is 0.933 bits per heavy atom. The lowest BCUT2D eigenvalue weighted by atomic mass is 10.0. The predicted octanol–water partition coefficient (Wildman–Crippen LogP) is 3.12. The summed E-state index contributed by atoms with van der Waals surface area (Å²) in [7, 11) is 0. The number of rotatable bonds is 4. The summed E-state index contributed by atoms with van der Waals surface area (Å²) in [6, 6.07) is -0.132. The molecule has 0 bridgehead atoms. The molecule has 15 heavy (non-hydrogen) atoms. The molecule has 0 aromatic carbocycles. The summed E-state index contributed by atoms with van der Waals surface area (Å²) >= 11 is 0. The molecule has 1 nitrogen and oxygen atoms in total. The van der Waals surface area contributed by atoms with Crippen LogP contribution in [0.25, 0.3) is 0 Å². The third-order valence-corrected chi connectivity index (χ3v) is 1.78. The molecule has 0 fully saturated rings. The molecule has 0 spiro atoms. The second kappa shape index (κ2) is 5.05. The molecule has 7 heteroatoms. The van der Waals surface area contributed by atoms with Crippen LogP contribution in [0, 0.1) is 5.92 Å². The van der Waals surface area contributed by atoms with Crippen molar-refractivity contribution in [2.24, 2.45) is 5.92 Å². The van der Waals surface area contributed by atoms with Crippen molar-refractivity contribution < 1.29 is 26.3 Å². The Balaban J connectivity index is 4.29. The number of hydrogen-bond donors (Lipinski definition) is 1. The monoisotopic (exact) mass is 237 g/mol. The van der Waals surface area contributed by atoms with E-state index >= 15 is 0 Å². The minimum absolute atomic E-state index is 0.132. The fraction of sp³-hybridized carbons (Fsp3) is 1.00. The summed E-state index contributed by atoms with van der Waals surface area (Å²) in [5.74, 6) is -3.24. The normalized spacial score (nSPS) is 14.0. The molecule has 0 aliphatic carbocycles. The van der Waals surface area contributed by atoms with Gasteiger partial charge in [0, 0.05) is 6.04 Å². The molecule has 0 aromatic rings. The van der Waals surface area contributed by atoms with Crippen LogP contribution in [0.5, 0.6) is 0 Å². The number of halogens is 6. The first-order chi connectivity index (χ1) is 6.55. The van der Waals surface area contributed by atoms with Gasteiger partial charge in [0.25, 0.3) is 0 Å². The molecule has 0 aromatic heterocycles. The standard InChI is InChI=1S/C8H13F6N/c1-5(2)15-4-3-6(7(9,10)11)8(12,13)14/h5-6,15H,3-4H2,1-2H3. The molecule has 0 rings (SSSR count). The van der Waals surface area contributed by atoms with E-state index in [4.69, 9.17) is 0 Å². The third-order valence-electron chi connectivity index (χ3n) is 1.78. The van der Waals surface area contributed by atoms with E-state index in [1.807, 2.05) is 0 Å². The van der Waals surface area contributed by atoms with Gasteiger partial charge in [0.15, 0.2) is 5.92 Å². The van der Waals surface area contributed by atoms with E-state index in [2.05, 4.69) is 5.32 Å². The van der Waals surface area contributed by atoms with E-state index in [1.165, 1.54) is 0 Å². The first-order valence-corrected chi connectivity index (χ1v) is 4.42. The summed E-state index contributed by atoms with van der Waals surface area (Å²) in [5.41, 5.74) is 0. The highest BCUT2D eigenvalue weighted by Crippen LogP contribution is 2.40. The zero-order chi connectivity index (χ0) is 12.3. The molecule has 0 atom stereocenters. The van der Waals surface area contributed by atoms with E-state index in [0.717, 1.165) is 0 Å². The quantitative estimate of drug-likeness (QED) is 0.741. The maximum atomic E-state index is 12.0. The fourth-order valence-electron chi connectivity index (χ4n) is 1.03. The van der Waals surface area contributed by atoms with Gasteiger partial charge in [-0.05, 0) is 13.0 Å². The Hall–Kier alpha value is -0.460. The minimum Gasteiger partial charge on any atom is -0.315 e. The van der Waals surface area contributed by atoms with Crippen LogP contribution < -0.4 is 5.32 Å². The summed E-state index contributed by atoms with van der Waals surface area (Å²) in [5, 5.41) is 2.52. The van der Waals surface area contributed by atoms with Gasteiger partial charge >= 0.3 is 12.4 Å². The highest BCUT2D eigenvalue weighted by molar-refractivity contribution is 4.76. The van der Waals surface area contributed by atoms with Crippen LogP contribution in [0.2, 0.25) is 0 Å². The van der Waals surface area contributed by atoms with Crippen molar-refractivity contribution in [1.82, 2.24) is 5.32 Å². The van der Waals surface area contributed by atoms with Crippen molar-refractivity contribution in [3.05, 3.63) is 0 Å². The van der Waals surface area contributed by atoms with Crippen molar-refractivity contribution in [2.45, 2.75) is 38.7 Å². The number of alkyl halides is 6. The fourth-order valence-corrected chi connectivity index (χ4v) is 1.03. The van der Waals surface area contributed by atoms with Gasteiger partial charge in [0.2, 0.25) is 0 Å². The smallest absolute Gasteiger partial charge is 0.315 e. The summed E-state index contributed by atoms with van der Waals surface area (Å²) in [4.78, 5) is 0. The minimum atomic E-state index is -5.23. The van der Waals surface area contributed by atoms with Gasteiger partial charge in [-0.3, -0.25) is 0 Å². The van der Waals surface area contributed by atoms with Crippen molar-refractivity contribution in [3.63, 3.8) is 0 Å². The molecule has 92 valence electrons. The van der Waals surface area contributed by atoms with Crippen LogP contribution in [0.15, 0.2) is 0 Å². The van der Waals surface area contributed by atoms with Crippen molar-refractivity contribution in [2.75, 3.05) is 6.54 Å². The van der Waals surface area contributed by atoms with Crippen molar-refractivity contribution >= 4 is 0 Å².